The van der Waals surface area contributed by atoms with Crippen molar-refractivity contribution in [3.05, 3.63) is 66.0 Å². The van der Waals surface area contributed by atoms with Gasteiger partial charge >= 0.3 is 0 Å². The molecule has 0 fully saturated rings. The van der Waals surface area contributed by atoms with Crippen molar-refractivity contribution in [2.75, 3.05) is 0 Å². The van der Waals surface area contributed by atoms with Gasteiger partial charge in [0.25, 0.3) is 0 Å². The van der Waals surface area contributed by atoms with Crippen molar-refractivity contribution in [2.24, 2.45) is 5.73 Å². The van der Waals surface area contributed by atoms with E-state index in [-0.39, 0.29) is 5.91 Å². The number of aryl methyl sites for hydroxylation is 1. The number of pyridine rings is 1. The first-order chi connectivity index (χ1) is 7.70. The molecule has 0 saturated carbocycles. The Morgan fingerprint density at radius 2 is 1.81 bits per heavy atom. The summed E-state index contributed by atoms with van der Waals surface area (Å²) in [5, 5.41) is 0. The van der Waals surface area contributed by atoms with Gasteiger partial charge in [-0.2, -0.15) is 0 Å². The molecule has 0 radical (unpaired) electrons. The maximum absolute atomic E-state index is 10.6. The Hall–Kier alpha value is -2.16. The predicted octanol–water partition coefficient (Wildman–Crippen LogP) is 2.18. The monoisotopic (exact) mass is 214 g/mol. The molecule has 1 amide bonds. The fourth-order valence-electron chi connectivity index (χ4n) is 1.11. The molecule has 2 N–H and O–H groups in total. The summed E-state index contributed by atoms with van der Waals surface area (Å²) in [6.45, 7) is 1.92. The second-order valence-corrected chi connectivity index (χ2v) is 3.26. The average Bonchev–Trinajstić information content (AvgIpc) is 2.32. The largest absolute Gasteiger partial charge is 0.366 e. The fourth-order valence-corrected chi connectivity index (χ4v) is 1.11. The highest BCUT2D eigenvalue weighted by Gasteiger charge is 1.96. The first-order valence-corrected chi connectivity index (χ1v) is 4.91. The zero-order chi connectivity index (χ0) is 11.8. The molecule has 3 nitrogen and oxygen atoms in total. The molecule has 82 valence electrons. The van der Waals surface area contributed by atoms with Crippen LogP contribution in [-0.2, 0) is 0 Å². The third-order valence-electron chi connectivity index (χ3n) is 1.87. The molecule has 0 aliphatic carbocycles. The molecule has 2 rings (SSSR count). The quantitative estimate of drug-likeness (QED) is 0.791. The molecular formula is C13H14N2O. The fraction of sp³-hybridized carbons (Fsp3) is 0.0769. The van der Waals surface area contributed by atoms with Gasteiger partial charge in [-0.05, 0) is 31.2 Å². The second kappa shape index (κ2) is 6.35. The number of hydrogen-bond acceptors (Lipinski definition) is 2. The Morgan fingerprint density at radius 1 is 1.12 bits per heavy atom. The number of nitrogens with two attached hydrogens (primary N) is 1. The normalized spacial score (nSPS) is 8.81. The summed E-state index contributed by atoms with van der Waals surface area (Å²) in [5.74, 6) is -0.372. The van der Waals surface area contributed by atoms with Gasteiger partial charge in [0, 0.05) is 18.0 Å². The molecule has 0 aliphatic rings. The lowest BCUT2D eigenvalue weighted by Gasteiger charge is -1.94. The van der Waals surface area contributed by atoms with Gasteiger partial charge in [-0.3, -0.25) is 9.78 Å². The van der Waals surface area contributed by atoms with Crippen LogP contribution in [0.1, 0.15) is 15.9 Å². The van der Waals surface area contributed by atoms with E-state index in [9.17, 15) is 4.79 Å². The summed E-state index contributed by atoms with van der Waals surface area (Å²) in [7, 11) is 0. The maximum Gasteiger partial charge on any atom is 0.248 e. The molecule has 1 aromatic carbocycles. The first kappa shape index (κ1) is 11.9. The van der Waals surface area contributed by atoms with Crippen molar-refractivity contribution in [3.8, 4) is 0 Å². The van der Waals surface area contributed by atoms with Crippen molar-refractivity contribution < 1.29 is 4.79 Å². The maximum atomic E-state index is 10.6. The van der Waals surface area contributed by atoms with E-state index in [1.165, 1.54) is 0 Å². The van der Waals surface area contributed by atoms with Crippen LogP contribution in [0.5, 0.6) is 0 Å². The van der Waals surface area contributed by atoms with Crippen LogP contribution in [0.3, 0.4) is 0 Å². The Balaban J connectivity index is 0.000000181. The van der Waals surface area contributed by atoms with Crippen molar-refractivity contribution in [1.29, 1.82) is 0 Å². The van der Waals surface area contributed by atoms with Gasteiger partial charge in [0.15, 0.2) is 0 Å². The van der Waals surface area contributed by atoms with Crippen LogP contribution < -0.4 is 5.73 Å². The highest BCUT2D eigenvalue weighted by atomic mass is 16.1. The number of nitrogens with zero attached hydrogens (tertiary/aromatic N) is 1. The van der Waals surface area contributed by atoms with Crippen molar-refractivity contribution in [3.63, 3.8) is 0 Å². The molecule has 0 saturated heterocycles. The Morgan fingerprint density at radius 3 is 2.12 bits per heavy atom. The standard InChI is InChI=1S/C8H9NO.C5H5N/c1-6-3-2-4-7(5-6)8(9)10;1-2-4-6-5-3-1/h2-5H,1H3,(H2,9,10);1-5H. The van der Waals surface area contributed by atoms with Gasteiger partial charge in [-0.15, -0.1) is 0 Å². The summed E-state index contributed by atoms with van der Waals surface area (Å²) >= 11 is 0. The molecular weight excluding hydrogens is 200 g/mol. The van der Waals surface area contributed by atoms with Gasteiger partial charge in [-0.1, -0.05) is 23.8 Å². The van der Waals surface area contributed by atoms with Crippen LogP contribution in [0.25, 0.3) is 0 Å². The van der Waals surface area contributed by atoms with Crippen LogP contribution in [0.4, 0.5) is 0 Å². The summed E-state index contributed by atoms with van der Waals surface area (Å²) in [5.41, 5.74) is 6.67. The van der Waals surface area contributed by atoms with Crippen LogP contribution in [0.15, 0.2) is 54.9 Å². The minimum Gasteiger partial charge on any atom is -0.366 e. The van der Waals surface area contributed by atoms with Gasteiger partial charge in [-0.25, -0.2) is 0 Å². The molecule has 0 spiro atoms. The van der Waals surface area contributed by atoms with Crippen LogP contribution >= 0.6 is 0 Å². The van der Waals surface area contributed by atoms with E-state index in [4.69, 9.17) is 5.73 Å². The van der Waals surface area contributed by atoms with Crippen LogP contribution in [0.2, 0.25) is 0 Å². The van der Waals surface area contributed by atoms with Gasteiger partial charge in [0.2, 0.25) is 5.91 Å². The number of amides is 1. The molecule has 0 aliphatic heterocycles. The number of primary amides is 1. The number of carbonyl (C=O) groups excluding carboxylic acids is 1. The van der Waals surface area contributed by atoms with Gasteiger partial charge in [0.1, 0.15) is 0 Å². The molecule has 2 aromatic rings. The number of carbonyl (C=O) groups is 1. The van der Waals surface area contributed by atoms with Crippen molar-refractivity contribution in [2.45, 2.75) is 6.92 Å². The van der Waals surface area contributed by atoms with E-state index >= 15 is 0 Å². The lowest BCUT2D eigenvalue weighted by atomic mass is 10.1. The van der Waals surface area contributed by atoms with E-state index in [0.717, 1.165) is 5.56 Å². The SMILES string of the molecule is Cc1cccc(C(N)=O)c1.c1ccncc1. The summed E-state index contributed by atoms with van der Waals surface area (Å²) < 4.78 is 0. The molecule has 16 heavy (non-hydrogen) atoms. The van der Waals surface area contributed by atoms with Crippen molar-refractivity contribution in [1.82, 2.24) is 4.98 Å². The van der Waals surface area contributed by atoms with Crippen LogP contribution in [0, 0.1) is 6.92 Å². The minimum absolute atomic E-state index is 0.372. The lowest BCUT2D eigenvalue weighted by molar-refractivity contribution is 0.1000. The topological polar surface area (TPSA) is 56.0 Å². The van der Waals surface area contributed by atoms with E-state index < -0.39 is 0 Å². The third kappa shape index (κ3) is 4.37. The predicted molar refractivity (Wildman–Crippen MR) is 63.9 cm³/mol. The number of rotatable bonds is 1. The zero-order valence-corrected chi connectivity index (χ0v) is 9.13. The van der Waals surface area contributed by atoms with Crippen LogP contribution in [-0.4, -0.2) is 10.9 Å². The summed E-state index contributed by atoms with van der Waals surface area (Å²) in [4.78, 5) is 14.4. The summed E-state index contributed by atoms with van der Waals surface area (Å²) in [6.07, 6.45) is 3.50. The third-order valence-corrected chi connectivity index (χ3v) is 1.87. The molecule has 1 aromatic heterocycles. The first-order valence-electron chi connectivity index (χ1n) is 4.91. The van der Waals surface area contributed by atoms with Gasteiger partial charge in [0.05, 0.1) is 0 Å². The molecule has 0 bridgehead atoms. The van der Waals surface area contributed by atoms with E-state index in [1.54, 1.807) is 24.5 Å². The van der Waals surface area contributed by atoms with E-state index in [1.807, 2.05) is 37.3 Å². The van der Waals surface area contributed by atoms with E-state index in [0.29, 0.717) is 5.56 Å². The Bertz CT molecular complexity index is 414. The zero-order valence-electron chi connectivity index (χ0n) is 9.13. The molecule has 3 heteroatoms. The van der Waals surface area contributed by atoms with Crippen molar-refractivity contribution >= 4 is 5.91 Å². The highest BCUT2D eigenvalue weighted by molar-refractivity contribution is 5.92. The number of benzene rings is 1. The second-order valence-electron chi connectivity index (χ2n) is 3.26. The van der Waals surface area contributed by atoms with Gasteiger partial charge < -0.3 is 5.73 Å². The minimum atomic E-state index is -0.372. The molecule has 0 unspecified atom stereocenters. The lowest BCUT2D eigenvalue weighted by Crippen LogP contribution is -2.10. The molecule has 1 heterocycles. The van der Waals surface area contributed by atoms with E-state index in [2.05, 4.69) is 4.98 Å². The number of aromatic nitrogens is 1. The molecule has 0 atom stereocenters. The average molecular weight is 214 g/mol. The number of hydrogen-bond donors (Lipinski definition) is 1. The highest BCUT2D eigenvalue weighted by Crippen LogP contribution is 2.01. The Labute approximate surface area is 94.9 Å². The smallest absolute Gasteiger partial charge is 0.248 e. The summed E-state index contributed by atoms with van der Waals surface area (Å²) in [6, 6.07) is 12.9. The Kier molecular flexibility index (Phi) is 4.73.